The van der Waals surface area contributed by atoms with Gasteiger partial charge in [0, 0.05) is 23.7 Å². The number of nitrogens with zero attached hydrogens (tertiary/aromatic N) is 1. The highest BCUT2D eigenvalue weighted by molar-refractivity contribution is 6.30. The van der Waals surface area contributed by atoms with E-state index in [1.807, 2.05) is 38.1 Å². The number of aliphatic hydroxyl groups is 1. The van der Waals surface area contributed by atoms with E-state index in [1.54, 1.807) is 0 Å². The van der Waals surface area contributed by atoms with Crippen molar-refractivity contribution in [1.29, 1.82) is 0 Å². The Morgan fingerprint density at radius 3 is 2.20 bits per heavy atom. The molecule has 1 aromatic carbocycles. The van der Waals surface area contributed by atoms with Gasteiger partial charge in [-0.05, 0) is 44.5 Å². The van der Waals surface area contributed by atoms with Gasteiger partial charge >= 0.3 is 0 Å². The van der Waals surface area contributed by atoms with Gasteiger partial charge in [0.15, 0.2) is 0 Å². The van der Waals surface area contributed by atoms with Crippen molar-refractivity contribution in [1.82, 2.24) is 4.90 Å². The predicted octanol–water partition coefficient (Wildman–Crippen LogP) is 3.21. The summed E-state index contributed by atoms with van der Waals surface area (Å²) < 4.78 is 0. The van der Waals surface area contributed by atoms with Crippen molar-refractivity contribution in [2.24, 2.45) is 5.73 Å². The Bertz CT molecular complexity index is 400. The lowest BCUT2D eigenvalue weighted by Crippen LogP contribution is -2.46. The first-order chi connectivity index (χ1) is 9.28. The summed E-state index contributed by atoms with van der Waals surface area (Å²) in [5, 5.41) is 10.8. The van der Waals surface area contributed by atoms with Crippen LogP contribution in [0.4, 0.5) is 0 Å². The van der Waals surface area contributed by atoms with Gasteiger partial charge in [-0.15, -0.1) is 0 Å². The van der Waals surface area contributed by atoms with Crippen LogP contribution in [0.3, 0.4) is 0 Å². The minimum atomic E-state index is -0.742. The van der Waals surface area contributed by atoms with Crippen LogP contribution in [0.15, 0.2) is 24.3 Å². The van der Waals surface area contributed by atoms with E-state index in [9.17, 15) is 5.11 Å². The second kappa shape index (κ2) is 7.41. The van der Waals surface area contributed by atoms with Gasteiger partial charge in [-0.3, -0.25) is 4.90 Å². The highest BCUT2D eigenvalue weighted by atomic mass is 35.5. The molecule has 0 saturated heterocycles. The lowest BCUT2D eigenvalue weighted by Gasteiger charge is -2.38. The monoisotopic (exact) mass is 298 g/mol. The number of nitrogens with two attached hydrogens (primary N) is 1. The van der Waals surface area contributed by atoms with Gasteiger partial charge in [-0.1, -0.05) is 37.6 Å². The average Bonchev–Trinajstić information content (AvgIpc) is 2.38. The summed E-state index contributed by atoms with van der Waals surface area (Å²) in [5.41, 5.74) is 6.73. The molecule has 20 heavy (non-hydrogen) atoms. The van der Waals surface area contributed by atoms with Gasteiger partial charge in [0.25, 0.3) is 0 Å². The minimum Gasteiger partial charge on any atom is -0.389 e. The third-order valence-corrected chi connectivity index (χ3v) is 3.73. The molecule has 1 aromatic rings. The summed E-state index contributed by atoms with van der Waals surface area (Å²) in [6.07, 6.45) is 0.885. The third-order valence-electron chi connectivity index (χ3n) is 3.48. The maximum Gasteiger partial charge on any atom is 0.0718 e. The molecule has 0 saturated carbocycles. The smallest absolute Gasteiger partial charge is 0.0718 e. The number of benzene rings is 1. The molecule has 1 rings (SSSR count). The maximum absolute atomic E-state index is 10.1. The molecule has 0 aliphatic rings. The summed E-state index contributed by atoms with van der Waals surface area (Å²) in [4.78, 5) is 2.23. The number of halogens is 1. The molecule has 2 atom stereocenters. The van der Waals surface area contributed by atoms with Crippen LogP contribution in [0.5, 0.6) is 0 Å². The van der Waals surface area contributed by atoms with Crippen molar-refractivity contribution >= 4 is 11.6 Å². The summed E-state index contributed by atoms with van der Waals surface area (Å²) >= 11 is 5.96. The molecule has 0 aliphatic carbocycles. The van der Waals surface area contributed by atoms with E-state index in [4.69, 9.17) is 17.3 Å². The second-order valence-electron chi connectivity index (χ2n) is 5.94. The molecule has 3 N–H and O–H groups in total. The standard InChI is InChI=1S/C16H27ClN2O/c1-5-14(18)15(12-7-9-13(17)10-8-12)19(6-2)11-16(3,4)20/h7-10,14-15,20H,5-6,11,18H2,1-4H3. The fourth-order valence-electron chi connectivity index (χ4n) is 2.52. The van der Waals surface area contributed by atoms with E-state index in [2.05, 4.69) is 18.7 Å². The quantitative estimate of drug-likeness (QED) is 0.812. The molecule has 0 fully saturated rings. The van der Waals surface area contributed by atoms with Crippen molar-refractivity contribution in [3.63, 3.8) is 0 Å². The molecule has 2 unspecified atom stereocenters. The number of hydrogen-bond acceptors (Lipinski definition) is 3. The fraction of sp³-hybridized carbons (Fsp3) is 0.625. The van der Waals surface area contributed by atoms with Crippen molar-refractivity contribution < 1.29 is 5.11 Å². The lowest BCUT2D eigenvalue weighted by atomic mass is 9.95. The first-order valence-corrected chi connectivity index (χ1v) is 7.63. The Hall–Kier alpha value is -0.610. The Morgan fingerprint density at radius 1 is 1.25 bits per heavy atom. The summed E-state index contributed by atoms with van der Waals surface area (Å²) in [6, 6.07) is 7.95. The molecule has 4 heteroatoms. The molecule has 0 aliphatic heterocycles. The number of likely N-dealkylation sites (N-methyl/N-ethyl adjacent to an activating group) is 1. The molecule has 0 spiro atoms. The second-order valence-corrected chi connectivity index (χ2v) is 6.38. The third kappa shape index (κ3) is 5.06. The van der Waals surface area contributed by atoms with Gasteiger partial charge in [0.05, 0.1) is 5.60 Å². The van der Waals surface area contributed by atoms with Gasteiger partial charge in [0.2, 0.25) is 0 Å². The normalized spacial score (nSPS) is 15.4. The molecule has 3 nitrogen and oxygen atoms in total. The molecule has 0 heterocycles. The van der Waals surface area contributed by atoms with Crippen molar-refractivity contribution in [3.8, 4) is 0 Å². The summed E-state index contributed by atoms with van der Waals surface area (Å²) in [5.74, 6) is 0. The number of rotatable bonds is 7. The molecule has 0 bridgehead atoms. The lowest BCUT2D eigenvalue weighted by molar-refractivity contribution is 0.0174. The van der Waals surface area contributed by atoms with Gasteiger partial charge in [0.1, 0.15) is 0 Å². The van der Waals surface area contributed by atoms with Gasteiger partial charge in [-0.25, -0.2) is 0 Å². The fourth-order valence-corrected chi connectivity index (χ4v) is 2.64. The molecule has 114 valence electrons. The zero-order valence-corrected chi connectivity index (χ0v) is 13.7. The van der Waals surface area contributed by atoms with Crippen LogP contribution < -0.4 is 5.73 Å². The first-order valence-electron chi connectivity index (χ1n) is 7.26. The van der Waals surface area contributed by atoms with E-state index in [1.165, 1.54) is 0 Å². The molecular formula is C16H27ClN2O. The van der Waals surface area contributed by atoms with Crippen molar-refractivity contribution in [3.05, 3.63) is 34.9 Å². The molecular weight excluding hydrogens is 272 g/mol. The van der Waals surface area contributed by atoms with Crippen molar-refractivity contribution in [2.75, 3.05) is 13.1 Å². The number of hydrogen-bond donors (Lipinski definition) is 2. The zero-order chi connectivity index (χ0) is 15.3. The Morgan fingerprint density at radius 2 is 1.80 bits per heavy atom. The van der Waals surface area contributed by atoms with E-state index >= 15 is 0 Å². The van der Waals surface area contributed by atoms with Crippen LogP contribution in [0, 0.1) is 0 Å². The van der Waals surface area contributed by atoms with Gasteiger partial charge in [-0.2, -0.15) is 0 Å². The Balaban J connectivity index is 3.07. The van der Waals surface area contributed by atoms with Crippen molar-refractivity contribution in [2.45, 2.75) is 51.8 Å². The van der Waals surface area contributed by atoms with E-state index < -0.39 is 5.60 Å². The predicted molar refractivity (Wildman–Crippen MR) is 86.0 cm³/mol. The molecule has 0 radical (unpaired) electrons. The Kier molecular flexibility index (Phi) is 6.46. The van der Waals surface area contributed by atoms with E-state index in [-0.39, 0.29) is 12.1 Å². The summed E-state index contributed by atoms with van der Waals surface area (Å²) in [7, 11) is 0. The highest BCUT2D eigenvalue weighted by Crippen LogP contribution is 2.27. The SMILES string of the molecule is CCC(N)C(c1ccc(Cl)cc1)N(CC)CC(C)(C)O. The first kappa shape index (κ1) is 17.4. The highest BCUT2D eigenvalue weighted by Gasteiger charge is 2.28. The van der Waals surface area contributed by atoms with Crippen LogP contribution >= 0.6 is 11.6 Å². The minimum absolute atomic E-state index is 0.0264. The summed E-state index contributed by atoms with van der Waals surface area (Å²) in [6.45, 7) is 9.26. The molecule has 0 aromatic heterocycles. The Labute approximate surface area is 127 Å². The largest absolute Gasteiger partial charge is 0.389 e. The van der Waals surface area contributed by atoms with E-state index in [0.29, 0.717) is 6.54 Å². The van der Waals surface area contributed by atoms with Crippen LogP contribution in [0.2, 0.25) is 5.02 Å². The van der Waals surface area contributed by atoms with E-state index in [0.717, 1.165) is 23.6 Å². The topological polar surface area (TPSA) is 49.5 Å². The van der Waals surface area contributed by atoms with Crippen LogP contribution in [-0.4, -0.2) is 34.7 Å². The van der Waals surface area contributed by atoms with Crippen LogP contribution in [-0.2, 0) is 0 Å². The maximum atomic E-state index is 10.1. The average molecular weight is 299 g/mol. The van der Waals surface area contributed by atoms with Gasteiger partial charge < -0.3 is 10.8 Å². The zero-order valence-electron chi connectivity index (χ0n) is 12.9. The van der Waals surface area contributed by atoms with Crippen LogP contribution in [0.1, 0.15) is 45.7 Å². The molecule has 0 amide bonds. The van der Waals surface area contributed by atoms with Crippen LogP contribution in [0.25, 0.3) is 0 Å².